The molecule has 0 aliphatic carbocycles. The van der Waals surface area contributed by atoms with Crippen molar-refractivity contribution in [1.29, 1.82) is 0 Å². The zero-order valence-corrected chi connectivity index (χ0v) is 9.83. The van der Waals surface area contributed by atoms with Gasteiger partial charge in [-0.3, -0.25) is 4.39 Å². The van der Waals surface area contributed by atoms with Gasteiger partial charge in [0.1, 0.15) is 0 Å². The van der Waals surface area contributed by atoms with Crippen LogP contribution >= 0.6 is 0 Å². The molecular formula is C12H15FO4. The fourth-order valence-electron chi connectivity index (χ4n) is 1.61. The molecule has 0 bridgehead atoms. The van der Waals surface area contributed by atoms with E-state index >= 15 is 0 Å². The van der Waals surface area contributed by atoms with E-state index in [-0.39, 0.29) is 5.56 Å². The predicted molar refractivity (Wildman–Crippen MR) is 60.8 cm³/mol. The molecule has 0 amide bonds. The number of carboxylic acid groups (broad SMARTS) is 1. The molecule has 4 nitrogen and oxygen atoms in total. The number of rotatable bonds is 6. The van der Waals surface area contributed by atoms with Gasteiger partial charge in [0, 0.05) is 0 Å². The first-order chi connectivity index (χ1) is 8.13. The van der Waals surface area contributed by atoms with Gasteiger partial charge in [-0.1, -0.05) is 0 Å². The summed E-state index contributed by atoms with van der Waals surface area (Å²) >= 11 is 0. The molecule has 0 radical (unpaired) electrons. The van der Waals surface area contributed by atoms with E-state index in [4.69, 9.17) is 14.6 Å². The number of ether oxygens (including phenoxy) is 2. The van der Waals surface area contributed by atoms with E-state index in [1.54, 1.807) is 0 Å². The second-order valence-electron chi connectivity index (χ2n) is 3.47. The molecular weight excluding hydrogens is 227 g/mol. The normalized spacial score (nSPS) is 10.1. The third-order valence-corrected chi connectivity index (χ3v) is 2.38. The zero-order valence-electron chi connectivity index (χ0n) is 9.83. The lowest BCUT2D eigenvalue weighted by molar-refractivity contribution is 0.0696. The number of carboxylic acids is 1. The lowest BCUT2D eigenvalue weighted by atomic mass is 10.0. The maximum absolute atomic E-state index is 12.2. The van der Waals surface area contributed by atoms with E-state index in [9.17, 15) is 9.18 Å². The molecule has 94 valence electrons. The molecule has 0 aromatic heterocycles. The molecule has 0 heterocycles. The summed E-state index contributed by atoms with van der Waals surface area (Å²) in [5.74, 6) is -0.236. The molecule has 0 saturated carbocycles. The Morgan fingerprint density at radius 1 is 1.35 bits per heavy atom. The van der Waals surface area contributed by atoms with Crippen LogP contribution in [0, 0.1) is 0 Å². The molecule has 1 aromatic carbocycles. The van der Waals surface area contributed by atoms with Crippen LogP contribution in [0.3, 0.4) is 0 Å². The Morgan fingerprint density at radius 2 is 2.06 bits per heavy atom. The first kappa shape index (κ1) is 13.3. The van der Waals surface area contributed by atoms with Crippen molar-refractivity contribution in [1.82, 2.24) is 0 Å². The molecule has 1 N–H and O–H groups in total. The average Bonchev–Trinajstić information content (AvgIpc) is 2.34. The van der Waals surface area contributed by atoms with Gasteiger partial charge in [0.05, 0.1) is 26.5 Å². The van der Waals surface area contributed by atoms with Crippen LogP contribution in [0.4, 0.5) is 4.39 Å². The van der Waals surface area contributed by atoms with Gasteiger partial charge in [0.15, 0.2) is 11.5 Å². The number of carbonyl (C=O) groups is 1. The summed E-state index contributed by atoms with van der Waals surface area (Å²) in [6.07, 6.45) is 0.736. The third kappa shape index (κ3) is 3.09. The molecule has 0 atom stereocenters. The fraction of sp³-hybridized carbons (Fsp3) is 0.417. The van der Waals surface area contributed by atoms with Crippen molar-refractivity contribution in [2.75, 3.05) is 20.9 Å². The summed E-state index contributed by atoms with van der Waals surface area (Å²) in [5.41, 5.74) is 0.749. The van der Waals surface area contributed by atoms with Crippen molar-refractivity contribution < 1.29 is 23.8 Å². The van der Waals surface area contributed by atoms with Crippen molar-refractivity contribution in [3.63, 3.8) is 0 Å². The number of hydrogen-bond donors (Lipinski definition) is 1. The topological polar surface area (TPSA) is 55.8 Å². The molecule has 0 fully saturated rings. The first-order valence-electron chi connectivity index (χ1n) is 5.18. The molecule has 5 heteroatoms. The SMILES string of the molecule is COc1cc(C(=O)O)cc(CCCF)c1OC. The van der Waals surface area contributed by atoms with E-state index < -0.39 is 12.6 Å². The van der Waals surface area contributed by atoms with Crippen LogP contribution in [0.15, 0.2) is 12.1 Å². The summed E-state index contributed by atoms with van der Waals surface area (Å²) < 4.78 is 22.4. The number of benzene rings is 1. The summed E-state index contributed by atoms with van der Waals surface area (Å²) in [6.45, 7) is -0.456. The monoisotopic (exact) mass is 242 g/mol. The highest BCUT2D eigenvalue weighted by Crippen LogP contribution is 2.33. The summed E-state index contributed by atoms with van der Waals surface area (Å²) in [5, 5.41) is 8.95. The quantitative estimate of drug-likeness (QED) is 0.831. The molecule has 0 spiro atoms. The van der Waals surface area contributed by atoms with Crippen LogP contribution in [0.1, 0.15) is 22.3 Å². The number of alkyl halides is 1. The van der Waals surface area contributed by atoms with E-state index in [1.165, 1.54) is 26.4 Å². The molecule has 1 rings (SSSR count). The maximum Gasteiger partial charge on any atom is 0.335 e. The Labute approximate surface area is 99.0 Å². The molecule has 0 unspecified atom stereocenters. The largest absolute Gasteiger partial charge is 0.493 e. The summed E-state index contributed by atoms with van der Waals surface area (Å²) in [7, 11) is 2.90. The number of hydrogen-bond acceptors (Lipinski definition) is 3. The smallest absolute Gasteiger partial charge is 0.335 e. The Bertz CT molecular complexity index is 404. The Hall–Kier alpha value is -1.78. The first-order valence-corrected chi connectivity index (χ1v) is 5.18. The second-order valence-corrected chi connectivity index (χ2v) is 3.47. The highest BCUT2D eigenvalue weighted by Gasteiger charge is 2.15. The van der Waals surface area contributed by atoms with E-state index in [0.29, 0.717) is 29.9 Å². The van der Waals surface area contributed by atoms with Gasteiger partial charge in [-0.2, -0.15) is 0 Å². The van der Waals surface area contributed by atoms with Crippen molar-refractivity contribution in [3.8, 4) is 11.5 Å². The minimum atomic E-state index is -1.05. The van der Waals surface area contributed by atoms with Crippen LogP contribution in [-0.4, -0.2) is 32.0 Å². The Balaban J connectivity index is 3.21. The standard InChI is InChI=1S/C12H15FO4/c1-16-10-7-9(12(14)15)6-8(4-3-5-13)11(10)17-2/h6-7H,3-5H2,1-2H3,(H,14,15). The number of aryl methyl sites for hydroxylation is 1. The van der Waals surface area contributed by atoms with Gasteiger partial charge in [-0.05, 0) is 30.5 Å². The lowest BCUT2D eigenvalue weighted by Crippen LogP contribution is -2.03. The fourth-order valence-corrected chi connectivity index (χ4v) is 1.61. The van der Waals surface area contributed by atoms with E-state index in [0.717, 1.165) is 0 Å². The lowest BCUT2D eigenvalue weighted by Gasteiger charge is -2.13. The van der Waals surface area contributed by atoms with Crippen LogP contribution in [0.2, 0.25) is 0 Å². The Morgan fingerprint density at radius 3 is 2.53 bits per heavy atom. The van der Waals surface area contributed by atoms with Gasteiger partial charge in [0.25, 0.3) is 0 Å². The van der Waals surface area contributed by atoms with Crippen molar-refractivity contribution in [3.05, 3.63) is 23.3 Å². The molecule has 0 saturated heterocycles. The number of methoxy groups -OCH3 is 2. The van der Waals surface area contributed by atoms with Crippen molar-refractivity contribution >= 4 is 5.97 Å². The molecule has 1 aromatic rings. The number of aromatic carboxylic acids is 1. The molecule has 0 aliphatic rings. The zero-order chi connectivity index (χ0) is 12.8. The highest BCUT2D eigenvalue weighted by molar-refractivity contribution is 5.89. The van der Waals surface area contributed by atoms with Crippen LogP contribution in [0.25, 0.3) is 0 Å². The van der Waals surface area contributed by atoms with Gasteiger partial charge >= 0.3 is 5.97 Å². The van der Waals surface area contributed by atoms with Gasteiger partial charge in [0.2, 0.25) is 0 Å². The second kappa shape index (κ2) is 6.08. The third-order valence-electron chi connectivity index (χ3n) is 2.38. The summed E-state index contributed by atoms with van der Waals surface area (Å²) in [6, 6.07) is 2.87. The molecule has 17 heavy (non-hydrogen) atoms. The van der Waals surface area contributed by atoms with Gasteiger partial charge in [-0.25, -0.2) is 4.79 Å². The maximum atomic E-state index is 12.2. The van der Waals surface area contributed by atoms with Crippen molar-refractivity contribution in [2.45, 2.75) is 12.8 Å². The Kier molecular flexibility index (Phi) is 4.75. The number of halogens is 1. The van der Waals surface area contributed by atoms with Gasteiger partial charge in [-0.15, -0.1) is 0 Å². The van der Waals surface area contributed by atoms with E-state index in [2.05, 4.69) is 0 Å². The van der Waals surface area contributed by atoms with E-state index in [1.807, 2.05) is 0 Å². The summed E-state index contributed by atoms with van der Waals surface area (Å²) in [4.78, 5) is 10.9. The van der Waals surface area contributed by atoms with Gasteiger partial charge < -0.3 is 14.6 Å². The van der Waals surface area contributed by atoms with Crippen LogP contribution in [-0.2, 0) is 6.42 Å². The van der Waals surface area contributed by atoms with Crippen LogP contribution in [0.5, 0.6) is 11.5 Å². The minimum Gasteiger partial charge on any atom is -0.493 e. The van der Waals surface area contributed by atoms with Crippen molar-refractivity contribution in [2.24, 2.45) is 0 Å². The average molecular weight is 242 g/mol. The minimum absolute atomic E-state index is 0.108. The van der Waals surface area contributed by atoms with Crippen LogP contribution < -0.4 is 9.47 Å². The molecule has 0 aliphatic heterocycles. The predicted octanol–water partition coefficient (Wildman–Crippen LogP) is 2.30. The highest BCUT2D eigenvalue weighted by atomic mass is 19.1.